The molecule has 1 aliphatic rings. The van der Waals surface area contributed by atoms with Gasteiger partial charge in [-0.3, -0.25) is 10.1 Å². The summed E-state index contributed by atoms with van der Waals surface area (Å²) in [5.41, 5.74) is 1.14. The summed E-state index contributed by atoms with van der Waals surface area (Å²) in [7, 11) is 0. The number of benzene rings is 1. The number of nitrogens with one attached hydrogen (secondary N) is 2. The quantitative estimate of drug-likeness (QED) is 0.553. The van der Waals surface area contributed by atoms with Crippen LogP contribution in [0.1, 0.15) is 19.8 Å². The number of aromatic nitrogens is 2. The Bertz CT molecular complexity index is 755. The normalized spacial score (nSPS) is 18.3. The third-order valence-electron chi connectivity index (χ3n) is 4.04. The van der Waals surface area contributed by atoms with Gasteiger partial charge in [-0.2, -0.15) is 0 Å². The van der Waals surface area contributed by atoms with E-state index in [0.717, 1.165) is 31.4 Å². The summed E-state index contributed by atoms with van der Waals surface area (Å²) >= 11 is 6.67. The lowest BCUT2D eigenvalue weighted by Crippen LogP contribution is -2.39. The maximum Gasteiger partial charge on any atom is 0.312 e. The topological polar surface area (TPSA) is 85.0 Å². The third kappa shape index (κ3) is 3.09. The fraction of sp³-hybridized carbons (Fsp3) is 0.500. The molecule has 2 aromatic rings. The van der Waals surface area contributed by atoms with E-state index in [1.54, 1.807) is 0 Å². The largest absolute Gasteiger partial charge is 0.352 e. The van der Waals surface area contributed by atoms with Crippen molar-refractivity contribution >= 4 is 54.5 Å². The molecular formula is C14H17Br2N5O2. The summed E-state index contributed by atoms with van der Waals surface area (Å²) in [6.45, 7) is 4.60. The fourth-order valence-electron chi connectivity index (χ4n) is 2.94. The van der Waals surface area contributed by atoms with Crippen molar-refractivity contribution < 1.29 is 4.92 Å². The van der Waals surface area contributed by atoms with E-state index < -0.39 is 4.92 Å². The SMILES string of the molecule is CCn1c(N[C@H]2CCCNC2)nc2c([N+](=O)[O-])c(Br)c(Br)cc21. The summed E-state index contributed by atoms with van der Waals surface area (Å²) in [4.78, 5) is 15.6. The molecule has 0 aliphatic carbocycles. The van der Waals surface area contributed by atoms with Crippen LogP contribution in [0.5, 0.6) is 0 Å². The molecule has 1 aromatic heterocycles. The molecule has 0 amide bonds. The minimum absolute atomic E-state index is 0.00797. The summed E-state index contributed by atoms with van der Waals surface area (Å²) in [5, 5.41) is 18.2. The Morgan fingerprint density at radius 2 is 2.35 bits per heavy atom. The lowest BCUT2D eigenvalue weighted by molar-refractivity contribution is -0.384. The number of imidazole rings is 1. The predicted molar refractivity (Wildman–Crippen MR) is 97.0 cm³/mol. The second-order valence-electron chi connectivity index (χ2n) is 5.51. The van der Waals surface area contributed by atoms with E-state index in [4.69, 9.17) is 0 Å². The Morgan fingerprint density at radius 1 is 1.57 bits per heavy atom. The van der Waals surface area contributed by atoms with Crippen LogP contribution in [0.15, 0.2) is 15.0 Å². The molecule has 0 spiro atoms. The number of hydrogen-bond donors (Lipinski definition) is 2. The van der Waals surface area contributed by atoms with Gasteiger partial charge in [0.05, 0.1) is 10.4 Å². The summed E-state index contributed by atoms with van der Waals surface area (Å²) in [6, 6.07) is 2.16. The van der Waals surface area contributed by atoms with Crippen LogP contribution in [0, 0.1) is 10.1 Å². The molecule has 0 radical (unpaired) electrons. The van der Waals surface area contributed by atoms with Gasteiger partial charge >= 0.3 is 5.69 Å². The van der Waals surface area contributed by atoms with Crippen molar-refractivity contribution in [3.8, 4) is 0 Å². The molecule has 0 saturated carbocycles. The van der Waals surface area contributed by atoms with E-state index in [0.29, 0.717) is 27.0 Å². The highest BCUT2D eigenvalue weighted by molar-refractivity contribution is 9.13. The number of hydrogen-bond acceptors (Lipinski definition) is 5. The van der Waals surface area contributed by atoms with Crippen LogP contribution < -0.4 is 10.6 Å². The Labute approximate surface area is 150 Å². The van der Waals surface area contributed by atoms with Gasteiger partial charge in [-0.15, -0.1) is 0 Å². The predicted octanol–water partition coefficient (Wildman–Crippen LogP) is 3.65. The molecule has 1 aromatic carbocycles. The maximum atomic E-state index is 11.5. The van der Waals surface area contributed by atoms with E-state index in [-0.39, 0.29) is 11.7 Å². The summed E-state index contributed by atoms with van der Waals surface area (Å²) < 4.78 is 3.05. The Kier molecular flexibility index (Phi) is 4.88. The van der Waals surface area contributed by atoms with Gasteiger partial charge < -0.3 is 15.2 Å². The van der Waals surface area contributed by atoms with E-state index in [1.807, 2.05) is 17.6 Å². The molecule has 1 saturated heterocycles. The molecule has 7 nitrogen and oxygen atoms in total. The van der Waals surface area contributed by atoms with Crippen molar-refractivity contribution in [3.63, 3.8) is 0 Å². The number of nitro groups is 1. The maximum absolute atomic E-state index is 11.5. The Morgan fingerprint density at radius 3 is 2.96 bits per heavy atom. The molecule has 124 valence electrons. The first-order chi connectivity index (χ1) is 11.0. The van der Waals surface area contributed by atoms with E-state index in [1.165, 1.54) is 0 Å². The van der Waals surface area contributed by atoms with Gasteiger partial charge in [0, 0.05) is 23.6 Å². The monoisotopic (exact) mass is 445 g/mol. The number of piperidine rings is 1. The molecular weight excluding hydrogens is 430 g/mol. The minimum Gasteiger partial charge on any atom is -0.352 e. The molecule has 9 heteroatoms. The fourth-order valence-corrected chi connectivity index (χ4v) is 3.79. The first-order valence-electron chi connectivity index (χ1n) is 7.52. The standard InChI is InChI=1S/C14H17Br2N5O2/c1-2-20-10-6-9(15)11(16)13(21(22)23)12(10)19-14(20)18-8-4-3-5-17-7-8/h6,8,17H,2-5,7H2,1H3,(H,18,19)/t8-/m0/s1. The van der Waals surface area contributed by atoms with E-state index in [9.17, 15) is 10.1 Å². The molecule has 2 heterocycles. The van der Waals surface area contributed by atoms with Crippen LogP contribution in [0.3, 0.4) is 0 Å². The number of anilines is 1. The first kappa shape index (κ1) is 16.7. The highest BCUT2D eigenvalue weighted by Gasteiger charge is 2.26. The second kappa shape index (κ2) is 6.74. The molecule has 2 N–H and O–H groups in total. The Balaban J connectivity index is 2.11. The molecule has 1 aliphatic heterocycles. The zero-order chi connectivity index (χ0) is 16.6. The van der Waals surface area contributed by atoms with Gasteiger partial charge in [-0.1, -0.05) is 0 Å². The average molecular weight is 447 g/mol. The van der Waals surface area contributed by atoms with E-state index >= 15 is 0 Å². The number of fused-ring (bicyclic) bond motifs is 1. The third-order valence-corrected chi connectivity index (χ3v) is 6.00. The van der Waals surface area contributed by atoms with Gasteiger partial charge in [0.2, 0.25) is 5.95 Å². The van der Waals surface area contributed by atoms with E-state index in [2.05, 4.69) is 47.5 Å². The van der Waals surface area contributed by atoms with Gasteiger partial charge in [-0.05, 0) is 64.2 Å². The molecule has 0 bridgehead atoms. The van der Waals surface area contributed by atoms with Crippen LogP contribution in [-0.4, -0.2) is 33.6 Å². The number of nitrogens with zero attached hydrogens (tertiary/aromatic N) is 3. The number of halogens is 2. The van der Waals surface area contributed by atoms with Gasteiger partial charge in [-0.25, -0.2) is 4.98 Å². The minimum atomic E-state index is -0.393. The number of rotatable bonds is 4. The van der Waals surface area contributed by atoms with Crippen molar-refractivity contribution in [2.24, 2.45) is 0 Å². The second-order valence-corrected chi connectivity index (χ2v) is 7.16. The van der Waals surface area contributed by atoms with Crippen LogP contribution in [0.4, 0.5) is 11.6 Å². The molecule has 1 atom stereocenters. The summed E-state index contributed by atoms with van der Waals surface area (Å²) in [5.74, 6) is 0.685. The van der Waals surface area contributed by atoms with Crippen molar-refractivity contribution in [1.29, 1.82) is 0 Å². The molecule has 23 heavy (non-hydrogen) atoms. The van der Waals surface area contributed by atoms with Crippen LogP contribution in [0.2, 0.25) is 0 Å². The highest BCUT2D eigenvalue weighted by atomic mass is 79.9. The van der Waals surface area contributed by atoms with Crippen LogP contribution in [0.25, 0.3) is 11.0 Å². The number of aryl methyl sites for hydroxylation is 1. The van der Waals surface area contributed by atoms with Gasteiger partial charge in [0.15, 0.2) is 5.52 Å². The summed E-state index contributed by atoms with van der Waals surface area (Å²) in [6.07, 6.45) is 2.18. The lowest BCUT2D eigenvalue weighted by atomic mass is 10.1. The lowest BCUT2D eigenvalue weighted by Gasteiger charge is -2.24. The zero-order valence-corrected chi connectivity index (χ0v) is 15.8. The van der Waals surface area contributed by atoms with Crippen LogP contribution in [-0.2, 0) is 6.54 Å². The van der Waals surface area contributed by atoms with Crippen molar-refractivity contribution in [1.82, 2.24) is 14.9 Å². The number of nitro benzene ring substituents is 1. The van der Waals surface area contributed by atoms with Gasteiger partial charge in [0.1, 0.15) is 4.47 Å². The molecule has 1 fully saturated rings. The van der Waals surface area contributed by atoms with Gasteiger partial charge in [0.25, 0.3) is 0 Å². The Hall–Kier alpha value is -1.19. The van der Waals surface area contributed by atoms with Crippen molar-refractivity contribution in [2.75, 3.05) is 18.4 Å². The smallest absolute Gasteiger partial charge is 0.312 e. The van der Waals surface area contributed by atoms with Crippen molar-refractivity contribution in [3.05, 3.63) is 25.1 Å². The van der Waals surface area contributed by atoms with Crippen molar-refractivity contribution in [2.45, 2.75) is 32.4 Å². The zero-order valence-electron chi connectivity index (χ0n) is 12.6. The molecule has 0 unspecified atom stereocenters. The first-order valence-corrected chi connectivity index (χ1v) is 9.11. The van der Waals surface area contributed by atoms with Crippen LogP contribution >= 0.6 is 31.9 Å². The average Bonchev–Trinajstić information content (AvgIpc) is 2.85. The highest BCUT2D eigenvalue weighted by Crippen LogP contribution is 2.40. The molecule has 3 rings (SSSR count).